The van der Waals surface area contributed by atoms with Gasteiger partial charge in [-0.15, -0.1) is 0 Å². The van der Waals surface area contributed by atoms with E-state index in [2.05, 4.69) is 31.7 Å². The molecule has 0 spiro atoms. The average Bonchev–Trinajstić information content (AvgIpc) is 3.47. The normalized spacial score (nSPS) is 22.8. The molecule has 2 heterocycles. The van der Waals surface area contributed by atoms with Gasteiger partial charge in [0.05, 0.1) is 18.8 Å². The van der Waals surface area contributed by atoms with Crippen LogP contribution in [0.1, 0.15) is 81.4 Å². The number of likely N-dealkylation sites (tertiary alicyclic amines) is 1. The van der Waals surface area contributed by atoms with Crippen LogP contribution in [0.2, 0.25) is 25.7 Å². The molecule has 7 nitrogen and oxygen atoms in total. The molecule has 0 radical (unpaired) electrons. The number of aromatic nitrogens is 2. The molecule has 1 aliphatic carbocycles. The quantitative estimate of drug-likeness (QED) is 0.117. The number of hydrogen-bond donors (Lipinski definition) is 0. The van der Waals surface area contributed by atoms with Gasteiger partial charge >= 0.3 is 0 Å². The van der Waals surface area contributed by atoms with E-state index in [-0.39, 0.29) is 42.1 Å². The SMILES string of the molecule is CCCCOCC(=O)N1CCCC(c2ccnn2COCC[Si](C)(C)C)C1COC1CCC(c2c(F)ccc(F)c2F)CC1. The van der Waals surface area contributed by atoms with Crippen LogP contribution in [0.25, 0.3) is 0 Å². The maximum Gasteiger partial charge on any atom is 0.248 e. The molecule has 1 aromatic carbocycles. The van der Waals surface area contributed by atoms with E-state index >= 15 is 0 Å². The summed E-state index contributed by atoms with van der Waals surface area (Å²) in [4.78, 5) is 15.3. The number of rotatable bonds is 15. The van der Waals surface area contributed by atoms with Gasteiger partial charge in [0, 0.05) is 51.2 Å². The fourth-order valence-corrected chi connectivity index (χ4v) is 7.13. The molecule has 11 heteroatoms. The molecule has 1 saturated heterocycles. The summed E-state index contributed by atoms with van der Waals surface area (Å²) < 4.78 is 62.8. The van der Waals surface area contributed by atoms with Gasteiger partial charge in [0.25, 0.3) is 0 Å². The molecule has 0 bridgehead atoms. The van der Waals surface area contributed by atoms with E-state index in [1.165, 1.54) is 0 Å². The first-order valence-corrected chi connectivity index (χ1v) is 20.0. The molecular weight excluding hydrogens is 587 g/mol. The monoisotopic (exact) mass is 637 g/mol. The lowest BCUT2D eigenvalue weighted by molar-refractivity contribution is -0.143. The number of halogens is 3. The summed E-state index contributed by atoms with van der Waals surface area (Å²) in [5.74, 6) is -3.23. The van der Waals surface area contributed by atoms with Crippen molar-refractivity contribution in [1.82, 2.24) is 14.7 Å². The van der Waals surface area contributed by atoms with E-state index in [1.54, 1.807) is 6.20 Å². The molecule has 2 aromatic rings. The highest BCUT2D eigenvalue weighted by Crippen LogP contribution is 2.38. The summed E-state index contributed by atoms with van der Waals surface area (Å²) in [7, 11) is -1.21. The van der Waals surface area contributed by atoms with Crippen molar-refractivity contribution in [2.45, 2.75) is 115 Å². The zero-order valence-electron chi connectivity index (χ0n) is 26.8. The molecule has 1 amide bonds. The second-order valence-electron chi connectivity index (χ2n) is 13.5. The molecule has 4 rings (SSSR count). The number of unbranched alkanes of at least 4 members (excludes halogenated alkanes) is 1. The van der Waals surface area contributed by atoms with E-state index in [0.717, 1.165) is 49.6 Å². The second kappa shape index (κ2) is 16.4. The number of carbonyl (C=O) groups excluding carboxylic acids is 1. The standard InChI is InChI=1S/C33H50F3N3O4Si/c1-5-6-18-41-22-31(40)38-17-7-8-26(29-15-16-37-39(29)23-42-19-20-44(2,3)4)30(38)21-43-25-11-9-24(10-12-25)32-27(34)13-14-28(35)33(32)36/h13-16,24-26,30H,5-12,17-23H2,1-4H3. The van der Waals surface area contributed by atoms with Gasteiger partial charge in [0.1, 0.15) is 19.2 Å². The zero-order chi connectivity index (χ0) is 31.7. The molecule has 2 fully saturated rings. The Labute approximate surface area is 261 Å². The first kappa shape index (κ1) is 34.7. The maximum absolute atomic E-state index is 14.4. The fourth-order valence-electron chi connectivity index (χ4n) is 6.37. The van der Waals surface area contributed by atoms with Gasteiger partial charge in [-0.3, -0.25) is 4.79 Å². The topological polar surface area (TPSA) is 65.8 Å². The first-order chi connectivity index (χ1) is 21.1. The maximum atomic E-state index is 14.4. The van der Waals surface area contributed by atoms with Crippen molar-refractivity contribution in [3.63, 3.8) is 0 Å². The van der Waals surface area contributed by atoms with Crippen molar-refractivity contribution >= 4 is 14.0 Å². The Bertz CT molecular complexity index is 1200. The number of amides is 1. The lowest BCUT2D eigenvalue weighted by Gasteiger charge is -2.42. The van der Waals surface area contributed by atoms with Gasteiger partial charge in [0.2, 0.25) is 5.91 Å². The lowest BCUT2D eigenvalue weighted by atomic mass is 9.82. The van der Waals surface area contributed by atoms with Crippen molar-refractivity contribution in [3.8, 4) is 0 Å². The minimum atomic E-state index is -1.21. The van der Waals surface area contributed by atoms with Crippen LogP contribution in [-0.4, -0.2) is 73.8 Å². The fraction of sp³-hybridized carbons (Fsp3) is 0.697. The van der Waals surface area contributed by atoms with Gasteiger partial charge < -0.3 is 19.1 Å². The Morgan fingerprint density at radius 3 is 2.48 bits per heavy atom. The molecule has 2 unspecified atom stereocenters. The van der Waals surface area contributed by atoms with E-state index in [9.17, 15) is 18.0 Å². The number of ether oxygens (including phenoxy) is 3. The highest BCUT2D eigenvalue weighted by Gasteiger charge is 2.38. The Morgan fingerprint density at radius 2 is 1.75 bits per heavy atom. The van der Waals surface area contributed by atoms with Crippen LogP contribution in [0.3, 0.4) is 0 Å². The summed E-state index contributed by atoms with van der Waals surface area (Å²) in [6.45, 7) is 11.7. The Kier molecular flexibility index (Phi) is 12.9. The number of hydrogen-bond acceptors (Lipinski definition) is 5. The van der Waals surface area contributed by atoms with Crippen LogP contribution in [-0.2, 0) is 25.7 Å². The van der Waals surface area contributed by atoms with Crippen molar-refractivity contribution in [3.05, 3.63) is 53.1 Å². The molecule has 2 atom stereocenters. The third kappa shape index (κ3) is 9.40. The number of carbonyl (C=O) groups is 1. The predicted octanol–water partition coefficient (Wildman–Crippen LogP) is 7.25. The van der Waals surface area contributed by atoms with Crippen molar-refractivity contribution in [2.75, 3.05) is 33.0 Å². The van der Waals surface area contributed by atoms with E-state index < -0.39 is 25.5 Å². The minimum absolute atomic E-state index is 0.0123. The summed E-state index contributed by atoms with van der Waals surface area (Å²) in [6.07, 6.45) is 7.56. The van der Waals surface area contributed by atoms with Crippen LogP contribution in [0, 0.1) is 17.5 Å². The first-order valence-electron chi connectivity index (χ1n) is 16.3. The summed E-state index contributed by atoms with van der Waals surface area (Å²) >= 11 is 0. The Hall–Kier alpha value is -2.21. The largest absolute Gasteiger partial charge is 0.376 e. The molecular formula is C33H50F3N3O4Si. The van der Waals surface area contributed by atoms with Crippen LogP contribution in [0.15, 0.2) is 24.4 Å². The summed E-state index contributed by atoms with van der Waals surface area (Å²) in [6, 6.07) is 4.71. The Balaban J connectivity index is 1.43. The van der Waals surface area contributed by atoms with Crippen molar-refractivity contribution < 1.29 is 32.2 Å². The van der Waals surface area contributed by atoms with Crippen molar-refractivity contribution in [1.29, 1.82) is 0 Å². The predicted molar refractivity (Wildman–Crippen MR) is 167 cm³/mol. The number of nitrogens with zero attached hydrogens (tertiary/aromatic N) is 3. The van der Waals surface area contributed by atoms with E-state index in [4.69, 9.17) is 14.2 Å². The highest BCUT2D eigenvalue weighted by atomic mass is 28.3. The third-order valence-corrected chi connectivity index (χ3v) is 10.7. The molecule has 2 aliphatic rings. The van der Waals surface area contributed by atoms with Gasteiger partial charge in [-0.05, 0) is 75.1 Å². The summed E-state index contributed by atoms with van der Waals surface area (Å²) in [5, 5.41) is 4.55. The van der Waals surface area contributed by atoms with Gasteiger partial charge in [-0.25, -0.2) is 17.9 Å². The van der Waals surface area contributed by atoms with E-state index in [0.29, 0.717) is 58.8 Å². The van der Waals surface area contributed by atoms with Gasteiger partial charge in [0.15, 0.2) is 11.6 Å². The van der Waals surface area contributed by atoms with Gasteiger partial charge in [-0.1, -0.05) is 33.0 Å². The molecule has 1 aromatic heterocycles. The molecule has 0 N–H and O–H groups in total. The highest BCUT2D eigenvalue weighted by molar-refractivity contribution is 6.76. The average molecular weight is 638 g/mol. The van der Waals surface area contributed by atoms with Crippen LogP contribution >= 0.6 is 0 Å². The van der Waals surface area contributed by atoms with Gasteiger partial charge in [-0.2, -0.15) is 5.10 Å². The van der Waals surface area contributed by atoms with Crippen LogP contribution in [0.4, 0.5) is 13.2 Å². The molecule has 1 saturated carbocycles. The number of benzene rings is 1. The molecule has 1 aliphatic heterocycles. The van der Waals surface area contributed by atoms with Crippen LogP contribution < -0.4 is 0 Å². The molecule has 246 valence electrons. The molecule has 44 heavy (non-hydrogen) atoms. The van der Waals surface area contributed by atoms with Crippen LogP contribution in [0.5, 0.6) is 0 Å². The zero-order valence-corrected chi connectivity index (χ0v) is 27.8. The Morgan fingerprint density at radius 1 is 1.00 bits per heavy atom. The smallest absolute Gasteiger partial charge is 0.248 e. The van der Waals surface area contributed by atoms with E-state index in [1.807, 2.05) is 15.6 Å². The number of piperidine rings is 1. The second-order valence-corrected chi connectivity index (χ2v) is 19.1. The minimum Gasteiger partial charge on any atom is -0.376 e. The lowest BCUT2D eigenvalue weighted by Crippen LogP contribution is -2.52. The summed E-state index contributed by atoms with van der Waals surface area (Å²) in [5.41, 5.74) is 0.868. The third-order valence-electron chi connectivity index (χ3n) is 8.97. The van der Waals surface area contributed by atoms with Crippen molar-refractivity contribution in [2.24, 2.45) is 0 Å².